The highest BCUT2D eigenvalue weighted by molar-refractivity contribution is 5.89. The lowest BCUT2D eigenvalue weighted by Crippen LogP contribution is -2.47. The van der Waals surface area contributed by atoms with Gasteiger partial charge in [0.2, 0.25) is 5.91 Å². The molecule has 2 aromatic carbocycles. The number of nitrogens with two attached hydrogens (primary N) is 1. The van der Waals surface area contributed by atoms with Crippen molar-refractivity contribution in [2.24, 2.45) is 5.73 Å². The first-order chi connectivity index (χ1) is 11.4. The Balaban J connectivity index is 2.14. The Morgan fingerprint density at radius 1 is 1.04 bits per heavy atom. The van der Waals surface area contributed by atoms with Gasteiger partial charge in [-0.1, -0.05) is 48.5 Å². The lowest BCUT2D eigenvalue weighted by atomic mass is 9.96. The molecule has 0 unspecified atom stereocenters. The van der Waals surface area contributed by atoms with E-state index < -0.39 is 24.0 Å². The predicted molar refractivity (Wildman–Crippen MR) is 92.1 cm³/mol. The smallest absolute Gasteiger partial charge is 0.254 e. The number of rotatable bonds is 6. The van der Waals surface area contributed by atoms with E-state index in [1.807, 2.05) is 32.0 Å². The molecule has 24 heavy (non-hydrogen) atoms. The van der Waals surface area contributed by atoms with Crippen LogP contribution in [0.4, 0.5) is 0 Å². The van der Waals surface area contributed by atoms with Crippen LogP contribution in [-0.4, -0.2) is 23.0 Å². The summed E-state index contributed by atoms with van der Waals surface area (Å²) in [6.07, 6.45) is -1.05. The first-order valence-electron chi connectivity index (χ1n) is 7.78. The van der Waals surface area contributed by atoms with Crippen LogP contribution in [0.15, 0.2) is 48.5 Å². The van der Waals surface area contributed by atoms with Crippen LogP contribution in [0.5, 0.6) is 0 Å². The number of hydrogen-bond acceptors (Lipinski definition) is 3. The summed E-state index contributed by atoms with van der Waals surface area (Å²) in [4.78, 5) is 24.0. The van der Waals surface area contributed by atoms with E-state index in [1.54, 1.807) is 30.3 Å². The minimum Gasteiger partial charge on any atom is -0.378 e. The Hall–Kier alpha value is -2.66. The minimum atomic E-state index is -1.34. The van der Waals surface area contributed by atoms with Crippen LogP contribution < -0.4 is 11.1 Å². The lowest BCUT2D eigenvalue weighted by molar-refractivity contribution is -0.133. The van der Waals surface area contributed by atoms with E-state index in [0.29, 0.717) is 12.0 Å². The molecule has 2 amide bonds. The fourth-order valence-electron chi connectivity index (χ4n) is 2.64. The predicted octanol–water partition coefficient (Wildman–Crippen LogP) is 1.55. The fourth-order valence-corrected chi connectivity index (χ4v) is 2.64. The summed E-state index contributed by atoms with van der Waals surface area (Å²) in [5.41, 5.74) is 8.92. The fraction of sp³-hybridized carbons (Fsp3) is 0.263. The third-order valence-electron chi connectivity index (χ3n) is 4.08. The van der Waals surface area contributed by atoms with E-state index in [9.17, 15) is 14.7 Å². The zero-order chi connectivity index (χ0) is 17.7. The van der Waals surface area contributed by atoms with Crippen LogP contribution in [0, 0.1) is 13.8 Å². The van der Waals surface area contributed by atoms with Gasteiger partial charge in [0, 0.05) is 6.42 Å². The second kappa shape index (κ2) is 7.75. The number of amides is 2. The van der Waals surface area contributed by atoms with Crippen molar-refractivity contribution in [3.8, 4) is 0 Å². The highest BCUT2D eigenvalue weighted by Gasteiger charge is 2.24. The molecule has 0 aliphatic rings. The molecule has 0 aliphatic carbocycles. The van der Waals surface area contributed by atoms with Crippen molar-refractivity contribution in [3.05, 3.63) is 70.8 Å². The third kappa shape index (κ3) is 4.20. The van der Waals surface area contributed by atoms with Gasteiger partial charge in [-0.2, -0.15) is 0 Å². The Labute approximate surface area is 141 Å². The van der Waals surface area contributed by atoms with Gasteiger partial charge in [0.1, 0.15) is 6.04 Å². The molecular formula is C19H22N2O3. The number of carbonyl (C=O) groups is 2. The Bertz CT molecular complexity index is 708. The van der Waals surface area contributed by atoms with Gasteiger partial charge in [-0.15, -0.1) is 0 Å². The van der Waals surface area contributed by atoms with Gasteiger partial charge in [0.25, 0.3) is 5.91 Å². The van der Waals surface area contributed by atoms with Gasteiger partial charge in [-0.05, 0) is 36.1 Å². The molecule has 0 heterocycles. The van der Waals surface area contributed by atoms with Gasteiger partial charge in [0.15, 0.2) is 6.10 Å². The topological polar surface area (TPSA) is 92.4 Å². The molecule has 0 saturated carbocycles. The number of aliphatic hydroxyl groups is 1. The zero-order valence-electron chi connectivity index (χ0n) is 13.8. The van der Waals surface area contributed by atoms with Crippen molar-refractivity contribution in [1.82, 2.24) is 5.32 Å². The summed E-state index contributed by atoms with van der Waals surface area (Å²) in [6, 6.07) is 13.5. The van der Waals surface area contributed by atoms with Gasteiger partial charge in [-0.3, -0.25) is 9.59 Å². The molecule has 0 aromatic heterocycles. The van der Waals surface area contributed by atoms with Gasteiger partial charge in [0.05, 0.1) is 0 Å². The van der Waals surface area contributed by atoms with Gasteiger partial charge >= 0.3 is 0 Å². The molecule has 0 aliphatic heterocycles. The van der Waals surface area contributed by atoms with Crippen LogP contribution in [-0.2, 0) is 16.0 Å². The van der Waals surface area contributed by atoms with E-state index in [0.717, 1.165) is 16.7 Å². The minimum absolute atomic E-state index is 0.293. The largest absolute Gasteiger partial charge is 0.378 e. The molecule has 4 N–H and O–H groups in total. The first kappa shape index (κ1) is 17.7. The molecule has 0 bridgehead atoms. The normalized spacial score (nSPS) is 13.1. The van der Waals surface area contributed by atoms with Crippen LogP contribution in [0.2, 0.25) is 0 Å². The molecule has 2 rings (SSSR count). The highest BCUT2D eigenvalue weighted by atomic mass is 16.3. The maximum atomic E-state index is 12.2. The van der Waals surface area contributed by atoms with Crippen LogP contribution in [0.3, 0.4) is 0 Å². The quantitative estimate of drug-likeness (QED) is 0.752. The molecule has 0 fully saturated rings. The number of aryl methyl sites for hydroxylation is 2. The van der Waals surface area contributed by atoms with E-state index in [4.69, 9.17) is 5.73 Å². The maximum Gasteiger partial charge on any atom is 0.254 e. The second-order valence-corrected chi connectivity index (χ2v) is 5.85. The molecule has 5 nitrogen and oxygen atoms in total. The zero-order valence-corrected chi connectivity index (χ0v) is 13.8. The van der Waals surface area contributed by atoms with Crippen molar-refractivity contribution < 1.29 is 14.7 Å². The molecule has 0 radical (unpaired) electrons. The molecule has 0 spiro atoms. The summed E-state index contributed by atoms with van der Waals surface area (Å²) >= 11 is 0. The van der Waals surface area contributed by atoms with E-state index in [1.165, 1.54) is 0 Å². The van der Waals surface area contributed by atoms with Crippen LogP contribution in [0.25, 0.3) is 0 Å². The lowest BCUT2D eigenvalue weighted by Gasteiger charge is -2.20. The van der Waals surface area contributed by atoms with Crippen LogP contribution in [0.1, 0.15) is 28.4 Å². The Morgan fingerprint density at radius 2 is 1.62 bits per heavy atom. The summed E-state index contributed by atoms with van der Waals surface area (Å²) in [5, 5.41) is 12.7. The number of hydrogen-bond donors (Lipinski definition) is 3. The maximum absolute atomic E-state index is 12.2. The van der Waals surface area contributed by atoms with Crippen LogP contribution >= 0.6 is 0 Å². The molecule has 0 saturated heterocycles. The molecule has 2 atom stereocenters. The average molecular weight is 326 g/mol. The summed E-state index contributed by atoms with van der Waals surface area (Å²) in [7, 11) is 0. The Morgan fingerprint density at radius 3 is 2.17 bits per heavy atom. The molecular weight excluding hydrogens is 304 g/mol. The van der Waals surface area contributed by atoms with Crippen molar-refractivity contribution in [2.75, 3.05) is 0 Å². The first-order valence-corrected chi connectivity index (χ1v) is 7.78. The second-order valence-electron chi connectivity index (χ2n) is 5.85. The van der Waals surface area contributed by atoms with Crippen molar-refractivity contribution in [3.63, 3.8) is 0 Å². The summed E-state index contributed by atoms with van der Waals surface area (Å²) in [6.45, 7) is 3.89. The SMILES string of the molecule is Cc1cccc(C)c1C[C@@H](NC(=O)[C@@H](O)c1ccccc1)C(N)=O. The Kier molecular flexibility index (Phi) is 5.71. The number of nitrogens with one attached hydrogen (secondary N) is 1. The van der Waals surface area contributed by atoms with E-state index >= 15 is 0 Å². The van der Waals surface area contributed by atoms with Crippen molar-refractivity contribution >= 4 is 11.8 Å². The van der Waals surface area contributed by atoms with Crippen molar-refractivity contribution in [1.29, 1.82) is 0 Å². The third-order valence-corrected chi connectivity index (χ3v) is 4.08. The average Bonchev–Trinajstić information content (AvgIpc) is 2.57. The van der Waals surface area contributed by atoms with E-state index in [2.05, 4.69) is 5.32 Å². The monoisotopic (exact) mass is 326 g/mol. The number of aliphatic hydroxyl groups excluding tert-OH is 1. The molecule has 5 heteroatoms. The number of benzene rings is 2. The standard InChI is InChI=1S/C19H22N2O3/c1-12-7-6-8-13(2)15(12)11-16(18(20)23)21-19(24)17(22)14-9-4-3-5-10-14/h3-10,16-17,22H,11H2,1-2H3,(H2,20,23)(H,21,24)/t16-,17+/m1/s1. The molecule has 2 aromatic rings. The van der Waals surface area contributed by atoms with Gasteiger partial charge < -0.3 is 16.2 Å². The van der Waals surface area contributed by atoms with Crippen molar-refractivity contribution in [2.45, 2.75) is 32.4 Å². The van der Waals surface area contributed by atoms with E-state index in [-0.39, 0.29) is 0 Å². The van der Waals surface area contributed by atoms with Gasteiger partial charge in [-0.25, -0.2) is 0 Å². The summed E-state index contributed by atoms with van der Waals surface area (Å²) < 4.78 is 0. The number of carbonyl (C=O) groups excluding carboxylic acids is 2. The highest BCUT2D eigenvalue weighted by Crippen LogP contribution is 2.17. The molecule has 126 valence electrons. The number of primary amides is 1. The summed E-state index contributed by atoms with van der Waals surface area (Å²) in [5.74, 6) is -1.28.